The van der Waals surface area contributed by atoms with Gasteiger partial charge in [-0.05, 0) is 29.8 Å². The lowest BCUT2D eigenvalue weighted by molar-refractivity contribution is -0.115. The maximum absolute atomic E-state index is 11.6. The molecule has 0 atom stereocenters. The minimum absolute atomic E-state index is 0.168. The highest BCUT2D eigenvalue weighted by atomic mass is 32.2. The minimum atomic E-state index is -0.168. The molecule has 118 valence electrons. The molecule has 24 heavy (non-hydrogen) atoms. The number of ether oxygens (including phenoxy) is 1. The van der Waals surface area contributed by atoms with Crippen LogP contribution in [0.4, 0.5) is 0 Å². The third-order valence-electron chi connectivity index (χ3n) is 3.35. The summed E-state index contributed by atoms with van der Waals surface area (Å²) in [5.74, 6) is 0.530. The van der Waals surface area contributed by atoms with Crippen LogP contribution in [0.3, 0.4) is 0 Å². The number of nitriles is 1. The van der Waals surface area contributed by atoms with Crippen molar-refractivity contribution in [2.24, 2.45) is 0 Å². The summed E-state index contributed by atoms with van der Waals surface area (Å²) in [6.45, 7) is 0.330. The average molecular weight is 352 g/mol. The van der Waals surface area contributed by atoms with Gasteiger partial charge < -0.3 is 10.1 Å². The molecule has 1 fully saturated rings. The molecule has 6 heteroatoms. The van der Waals surface area contributed by atoms with E-state index >= 15 is 0 Å². The summed E-state index contributed by atoms with van der Waals surface area (Å²) in [7, 11) is 0. The Bertz CT molecular complexity index is 867. The minimum Gasteiger partial charge on any atom is -0.489 e. The van der Waals surface area contributed by atoms with Crippen molar-refractivity contribution in [3.05, 3.63) is 70.1 Å². The normalized spacial score (nSPS) is 15.2. The Kier molecular flexibility index (Phi) is 4.94. The monoisotopic (exact) mass is 352 g/mol. The fourth-order valence-corrected chi connectivity index (χ4v) is 3.19. The second-order valence-electron chi connectivity index (χ2n) is 4.98. The fourth-order valence-electron chi connectivity index (χ4n) is 2.15. The number of hydrogen-bond acceptors (Lipinski definition) is 5. The van der Waals surface area contributed by atoms with E-state index in [4.69, 9.17) is 22.2 Å². The molecule has 0 bridgehead atoms. The van der Waals surface area contributed by atoms with E-state index in [-0.39, 0.29) is 5.91 Å². The molecule has 3 rings (SSSR count). The zero-order valence-corrected chi connectivity index (χ0v) is 14.1. The van der Waals surface area contributed by atoms with Gasteiger partial charge in [0.15, 0.2) is 0 Å². The molecule has 2 aromatic carbocycles. The van der Waals surface area contributed by atoms with Gasteiger partial charge in [0.05, 0.1) is 16.5 Å². The van der Waals surface area contributed by atoms with Gasteiger partial charge >= 0.3 is 0 Å². The second-order valence-corrected chi connectivity index (χ2v) is 6.70. The molecule has 0 aliphatic carbocycles. The first-order valence-electron chi connectivity index (χ1n) is 7.11. The second kappa shape index (κ2) is 7.30. The van der Waals surface area contributed by atoms with Gasteiger partial charge in [-0.2, -0.15) is 5.26 Å². The molecular weight excluding hydrogens is 340 g/mol. The van der Waals surface area contributed by atoms with Gasteiger partial charge in [-0.15, -0.1) is 0 Å². The molecule has 0 spiro atoms. The van der Waals surface area contributed by atoms with E-state index in [1.165, 1.54) is 11.8 Å². The average Bonchev–Trinajstić information content (AvgIpc) is 2.91. The number of thioether (sulfide) groups is 1. The Morgan fingerprint density at radius 2 is 1.96 bits per heavy atom. The molecule has 1 heterocycles. The van der Waals surface area contributed by atoms with E-state index in [0.717, 1.165) is 11.1 Å². The molecular formula is C18H12N2O2S2. The summed E-state index contributed by atoms with van der Waals surface area (Å²) in [4.78, 5) is 12.2. The van der Waals surface area contributed by atoms with Gasteiger partial charge in [0, 0.05) is 5.56 Å². The van der Waals surface area contributed by atoms with Crippen LogP contribution in [0.5, 0.6) is 5.75 Å². The largest absolute Gasteiger partial charge is 0.489 e. The van der Waals surface area contributed by atoms with Crippen molar-refractivity contribution < 1.29 is 9.53 Å². The topological polar surface area (TPSA) is 62.1 Å². The van der Waals surface area contributed by atoms with Crippen LogP contribution in [0.1, 0.15) is 16.7 Å². The lowest BCUT2D eigenvalue weighted by Crippen LogP contribution is -2.17. The highest BCUT2D eigenvalue weighted by molar-refractivity contribution is 8.26. The van der Waals surface area contributed by atoms with Crippen molar-refractivity contribution in [1.82, 2.24) is 5.32 Å². The van der Waals surface area contributed by atoms with Gasteiger partial charge in [-0.3, -0.25) is 4.79 Å². The maximum atomic E-state index is 11.6. The first-order valence-corrected chi connectivity index (χ1v) is 8.34. The molecule has 0 unspecified atom stereocenters. The Morgan fingerprint density at radius 3 is 2.62 bits per heavy atom. The van der Waals surface area contributed by atoms with E-state index < -0.39 is 0 Å². The van der Waals surface area contributed by atoms with Crippen molar-refractivity contribution in [3.8, 4) is 11.8 Å². The van der Waals surface area contributed by atoms with E-state index in [1.54, 1.807) is 12.1 Å². The van der Waals surface area contributed by atoms with Crippen LogP contribution in [-0.2, 0) is 11.4 Å². The number of carbonyl (C=O) groups is 1. The summed E-state index contributed by atoms with van der Waals surface area (Å²) in [5, 5.41) is 11.7. The number of thiocarbonyl (C=S) groups is 1. The zero-order chi connectivity index (χ0) is 16.9. The smallest absolute Gasteiger partial charge is 0.263 e. The first-order chi connectivity index (χ1) is 11.7. The quantitative estimate of drug-likeness (QED) is 0.672. The molecule has 0 saturated carbocycles. The van der Waals surface area contributed by atoms with Crippen molar-refractivity contribution in [1.29, 1.82) is 5.26 Å². The number of benzene rings is 2. The molecule has 1 N–H and O–H groups in total. The van der Waals surface area contributed by atoms with Crippen LogP contribution in [0, 0.1) is 11.3 Å². The number of nitrogens with zero attached hydrogens (tertiary/aromatic N) is 1. The number of carbonyl (C=O) groups excluding carboxylic acids is 1. The lowest BCUT2D eigenvalue weighted by atomic mass is 10.1. The van der Waals surface area contributed by atoms with E-state index in [1.807, 2.05) is 42.5 Å². The molecule has 0 aromatic heterocycles. The Labute approximate surface area is 149 Å². The molecule has 1 amide bonds. The Hall–Kier alpha value is -2.62. The Balaban J connectivity index is 1.67. The van der Waals surface area contributed by atoms with E-state index in [2.05, 4.69) is 11.4 Å². The lowest BCUT2D eigenvalue weighted by Gasteiger charge is -2.07. The molecule has 4 nitrogen and oxygen atoms in total. The number of rotatable bonds is 4. The number of amides is 1. The molecule has 1 aliphatic rings. The molecule has 1 saturated heterocycles. The highest BCUT2D eigenvalue weighted by Crippen LogP contribution is 2.26. The number of hydrogen-bond donors (Lipinski definition) is 1. The van der Waals surface area contributed by atoms with Crippen LogP contribution < -0.4 is 10.1 Å². The van der Waals surface area contributed by atoms with Gasteiger partial charge in [0.2, 0.25) is 0 Å². The Morgan fingerprint density at radius 1 is 1.21 bits per heavy atom. The molecule has 1 aliphatic heterocycles. The van der Waals surface area contributed by atoms with Gasteiger partial charge in [-0.25, -0.2) is 0 Å². The van der Waals surface area contributed by atoms with E-state index in [0.29, 0.717) is 27.1 Å². The maximum Gasteiger partial charge on any atom is 0.263 e. The third kappa shape index (κ3) is 3.82. The van der Waals surface area contributed by atoms with Gasteiger partial charge in [-0.1, -0.05) is 54.3 Å². The molecule has 2 aromatic rings. The highest BCUT2D eigenvalue weighted by Gasteiger charge is 2.21. The number of nitrogens with one attached hydrogen (secondary N) is 1. The predicted molar refractivity (Wildman–Crippen MR) is 98.2 cm³/mol. The van der Waals surface area contributed by atoms with Crippen LogP contribution in [-0.4, -0.2) is 10.2 Å². The van der Waals surface area contributed by atoms with Crippen LogP contribution in [0.2, 0.25) is 0 Å². The van der Waals surface area contributed by atoms with E-state index in [9.17, 15) is 4.79 Å². The van der Waals surface area contributed by atoms with Crippen molar-refractivity contribution in [2.75, 3.05) is 0 Å². The molecule has 0 radical (unpaired) electrons. The van der Waals surface area contributed by atoms with Crippen LogP contribution >= 0.6 is 24.0 Å². The summed E-state index contributed by atoms with van der Waals surface area (Å²) in [6, 6.07) is 16.9. The summed E-state index contributed by atoms with van der Waals surface area (Å²) in [5.41, 5.74) is 2.35. The van der Waals surface area contributed by atoms with Gasteiger partial charge in [0.1, 0.15) is 16.7 Å². The summed E-state index contributed by atoms with van der Waals surface area (Å²) >= 11 is 6.21. The van der Waals surface area contributed by atoms with Crippen LogP contribution in [0.15, 0.2) is 53.4 Å². The zero-order valence-electron chi connectivity index (χ0n) is 12.5. The predicted octanol–water partition coefficient (Wildman–Crippen LogP) is 3.63. The SMILES string of the molecule is N#Cc1ccccc1COc1ccc(/C=C2/SC(=S)NC2=O)cc1. The summed E-state index contributed by atoms with van der Waals surface area (Å²) < 4.78 is 6.20. The first kappa shape index (κ1) is 16.2. The van der Waals surface area contributed by atoms with Crippen molar-refractivity contribution >= 4 is 40.3 Å². The summed E-state index contributed by atoms with van der Waals surface area (Å²) in [6.07, 6.45) is 1.79. The van der Waals surface area contributed by atoms with Crippen molar-refractivity contribution in [2.45, 2.75) is 6.61 Å². The van der Waals surface area contributed by atoms with Crippen LogP contribution in [0.25, 0.3) is 6.08 Å². The van der Waals surface area contributed by atoms with Crippen molar-refractivity contribution in [3.63, 3.8) is 0 Å². The fraction of sp³-hybridized carbons (Fsp3) is 0.0556. The standard InChI is InChI=1S/C18H12N2O2S2/c19-10-13-3-1-2-4-14(13)11-22-15-7-5-12(6-8-15)9-16-17(21)20-18(23)24-16/h1-9H,11H2,(H,20,21,23)/b16-9+. The van der Waals surface area contributed by atoms with Gasteiger partial charge in [0.25, 0.3) is 5.91 Å². The third-order valence-corrected chi connectivity index (χ3v) is 4.51.